The van der Waals surface area contributed by atoms with E-state index < -0.39 is 21.8 Å². The van der Waals surface area contributed by atoms with E-state index in [9.17, 15) is 21.6 Å². The highest BCUT2D eigenvalue weighted by Gasteiger charge is 2.30. The fourth-order valence-electron chi connectivity index (χ4n) is 2.86. The van der Waals surface area contributed by atoms with E-state index in [-0.39, 0.29) is 11.4 Å². The lowest BCUT2D eigenvalue weighted by Crippen LogP contribution is -2.23. The van der Waals surface area contributed by atoms with Gasteiger partial charge in [-0.2, -0.15) is 13.2 Å². The fourth-order valence-corrected chi connectivity index (χ4v) is 3.88. The number of nitrogens with zero attached hydrogens (tertiary/aromatic N) is 1. The van der Waals surface area contributed by atoms with Crippen LogP contribution < -0.4 is 9.46 Å². The SMILES string of the molecule is CN(C)CCCCCCOc1ccc(CNS(=O)(=O)c2ccc(C(F)(F)F)cc2)cc1. The van der Waals surface area contributed by atoms with Crippen molar-refractivity contribution >= 4 is 10.0 Å². The molecule has 2 rings (SSSR count). The monoisotopic (exact) mass is 458 g/mol. The Kier molecular flexibility index (Phi) is 9.33. The lowest BCUT2D eigenvalue weighted by atomic mass is 10.2. The normalized spacial score (nSPS) is 12.3. The standard InChI is InChI=1S/C22H29F3N2O3S/c1-27(2)15-5-3-4-6-16-30-20-11-7-18(8-12-20)17-26-31(28,29)21-13-9-19(10-14-21)22(23,24)25/h7-14,26H,3-6,15-17H2,1-2H3. The van der Waals surface area contributed by atoms with Gasteiger partial charge in [-0.05, 0) is 75.4 Å². The first-order valence-corrected chi connectivity index (χ1v) is 11.6. The summed E-state index contributed by atoms with van der Waals surface area (Å²) in [6, 6.07) is 10.4. The van der Waals surface area contributed by atoms with Crippen LogP contribution in [0.4, 0.5) is 13.2 Å². The second kappa shape index (κ2) is 11.5. The van der Waals surface area contributed by atoms with E-state index >= 15 is 0 Å². The average molecular weight is 459 g/mol. The van der Waals surface area contributed by atoms with E-state index in [0.717, 1.165) is 43.7 Å². The van der Waals surface area contributed by atoms with Crippen LogP contribution in [0.15, 0.2) is 53.4 Å². The highest BCUT2D eigenvalue weighted by atomic mass is 32.2. The predicted octanol–water partition coefficient (Wildman–Crippen LogP) is 4.68. The van der Waals surface area contributed by atoms with Gasteiger partial charge in [0.1, 0.15) is 5.75 Å². The average Bonchev–Trinajstić information content (AvgIpc) is 2.72. The van der Waals surface area contributed by atoms with Gasteiger partial charge in [0.15, 0.2) is 0 Å². The molecule has 0 aliphatic rings. The van der Waals surface area contributed by atoms with E-state index in [1.165, 1.54) is 12.8 Å². The van der Waals surface area contributed by atoms with Crippen molar-refractivity contribution < 1.29 is 26.3 Å². The highest BCUT2D eigenvalue weighted by molar-refractivity contribution is 7.89. The van der Waals surface area contributed by atoms with E-state index in [4.69, 9.17) is 4.74 Å². The van der Waals surface area contributed by atoms with Crippen LogP contribution in [-0.2, 0) is 22.7 Å². The first kappa shape index (κ1) is 25.2. The van der Waals surface area contributed by atoms with Crippen molar-refractivity contribution in [3.63, 3.8) is 0 Å². The summed E-state index contributed by atoms with van der Waals surface area (Å²) in [5, 5.41) is 0. The summed E-state index contributed by atoms with van der Waals surface area (Å²) in [4.78, 5) is 1.95. The number of hydrogen-bond acceptors (Lipinski definition) is 4. The number of alkyl halides is 3. The van der Waals surface area contributed by atoms with Gasteiger partial charge in [-0.3, -0.25) is 0 Å². The molecule has 0 aromatic heterocycles. The largest absolute Gasteiger partial charge is 0.494 e. The number of hydrogen-bond donors (Lipinski definition) is 1. The molecule has 31 heavy (non-hydrogen) atoms. The summed E-state index contributed by atoms with van der Waals surface area (Å²) >= 11 is 0. The Morgan fingerprint density at radius 1 is 0.903 bits per heavy atom. The molecule has 0 heterocycles. The smallest absolute Gasteiger partial charge is 0.416 e. The Morgan fingerprint density at radius 3 is 2.10 bits per heavy atom. The van der Waals surface area contributed by atoms with Crippen LogP contribution in [0.1, 0.15) is 36.8 Å². The maximum atomic E-state index is 12.6. The summed E-state index contributed by atoms with van der Waals surface area (Å²) in [5.41, 5.74) is -0.179. The summed E-state index contributed by atoms with van der Waals surface area (Å²) in [6.07, 6.45) is -0.0883. The summed E-state index contributed by atoms with van der Waals surface area (Å²) < 4.78 is 70.5. The van der Waals surface area contributed by atoms with E-state index in [1.54, 1.807) is 24.3 Å². The molecule has 1 N–H and O–H groups in total. The summed E-state index contributed by atoms with van der Waals surface area (Å²) in [7, 11) is 0.211. The second-order valence-corrected chi connectivity index (χ2v) is 9.32. The Labute approximate surface area is 182 Å². The third kappa shape index (κ3) is 8.88. The van der Waals surface area contributed by atoms with Crippen LogP contribution in [0.3, 0.4) is 0 Å². The molecule has 0 saturated heterocycles. The van der Waals surface area contributed by atoms with Gasteiger partial charge in [0.05, 0.1) is 17.1 Å². The molecular weight excluding hydrogens is 429 g/mol. The Bertz CT molecular complexity index is 897. The molecular formula is C22H29F3N2O3S. The number of benzene rings is 2. The molecule has 9 heteroatoms. The minimum atomic E-state index is -4.51. The Balaban J connectivity index is 1.77. The number of rotatable bonds is 12. The minimum absolute atomic E-state index is 0.0233. The van der Waals surface area contributed by atoms with Crippen molar-refractivity contribution in [2.75, 3.05) is 27.2 Å². The van der Waals surface area contributed by atoms with Gasteiger partial charge in [-0.25, -0.2) is 13.1 Å². The van der Waals surface area contributed by atoms with Crippen LogP contribution in [0.5, 0.6) is 5.75 Å². The van der Waals surface area contributed by atoms with Gasteiger partial charge in [0.25, 0.3) is 0 Å². The molecule has 0 atom stereocenters. The number of nitrogens with one attached hydrogen (secondary N) is 1. The van der Waals surface area contributed by atoms with Gasteiger partial charge in [0, 0.05) is 6.54 Å². The van der Waals surface area contributed by atoms with Gasteiger partial charge < -0.3 is 9.64 Å². The quantitative estimate of drug-likeness (QED) is 0.469. The van der Waals surface area contributed by atoms with Crippen molar-refractivity contribution in [1.82, 2.24) is 9.62 Å². The highest BCUT2D eigenvalue weighted by Crippen LogP contribution is 2.29. The van der Waals surface area contributed by atoms with E-state index in [1.807, 2.05) is 0 Å². The molecule has 0 radical (unpaired) electrons. The van der Waals surface area contributed by atoms with Gasteiger partial charge in [-0.15, -0.1) is 0 Å². The summed E-state index contributed by atoms with van der Waals surface area (Å²) in [5.74, 6) is 0.711. The molecule has 2 aromatic rings. The Morgan fingerprint density at radius 2 is 1.52 bits per heavy atom. The molecule has 0 fully saturated rings. The number of sulfonamides is 1. The van der Waals surface area contributed by atoms with Crippen molar-refractivity contribution in [2.45, 2.75) is 43.3 Å². The molecule has 0 aliphatic carbocycles. The van der Waals surface area contributed by atoms with Crippen LogP contribution in [0.25, 0.3) is 0 Å². The maximum Gasteiger partial charge on any atom is 0.416 e. The molecule has 5 nitrogen and oxygen atoms in total. The third-order valence-electron chi connectivity index (χ3n) is 4.65. The van der Waals surface area contributed by atoms with E-state index in [0.29, 0.717) is 17.9 Å². The molecule has 0 amide bonds. The lowest BCUT2D eigenvalue weighted by Gasteiger charge is -2.11. The van der Waals surface area contributed by atoms with Crippen LogP contribution in [0, 0.1) is 0 Å². The fraction of sp³-hybridized carbons (Fsp3) is 0.455. The molecule has 0 spiro atoms. The first-order valence-electron chi connectivity index (χ1n) is 10.1. The number of ether oxygens (including phenoxy) is 1. The topological polar surface area (TPSA) is 58.6 Å². The molecule has 2 aromatic carbocycles. The maximum absolute atomic E-state index is 12.6. The van der Waals surface area contributed by atoms with Gasteiger partial charge in [-0.1, -0.05) is 25.0 Å². The molecule has 0 saturated carbocycles. The minimum Gasteiger partial charge on any atom is -0.494 e. The third-order valence-corrected chi connectivity index (χ3v) is 6.07. The zero-order valence-corrected chi connectivity index (χ0v) is 18.6. The zero-order chi connectivity index (χ0) is 22.9. The number of unbranched alkanes of at least 4 members (excludes halogenated alkanes) is 3. The molecule has 172 valence electrons. The molecule has 0 aliphatic heterocycles. The Hall–Kier alpha value is -2.10. The van der Waals surface area contributed by atoms with Crippen LogP contribution in [-0.4, -0.2) is 40.6 Å². The van der Waals surface area contributed by atoms with E-state index in [2.05, 4.69) is 23.7 Å². The number of halogens is 3. The van der Waals surface area contributed by atoms with Crippen molar-refractivity contribution in [2.24, 2.45) is 0 Å². The lowest BCUT2D eigenvalue weighted by molar-refractivity contribution is -0.137. The molecule has 0 unspecified atom stereocenters. The summed E-state index contributed by atoms with van der Waals surface area (Å²) in [6.45, 7) is 1.74. The van der Waals surface area contributed by atoms with Crippen molar-refractivity contribution in [1.29, 1.82) is 0 Å². The first-order chi connectivity index (χ1) is 14.6. The van der Waals surface area contributed by atoms with Crippen molar-refractivity contribution in [3.8, 4) is 5.75 Å². The second-order valence-electron chi connectivity index (χ2n) is 7.56. The van der Waals surface area contributed by atoms with Crippen LogP contribution >= 0.6 is 0 Å². The predicted molar refractivity (Wildman–Crippen MR) is 114 cm³/mol. The van der Waals surface area contributed by atoms with Crippen molar-refractivity contribution in [3.05, 3.63) is 59.7 Å². The zero-order valence-electron chi connectivity index (χ0n) is 17.8. The van der Waals surface area contributed by atoms with Gasteiger partial charge in [0.2, 0.25) is 10.0 Å². The van der Waals surface area contributed by atoms with Crippen LogP contribution in [0.2, 0.25) is 0 Å². The van der Waals surface area contributed by atoms with Gasteiger partial charge >= 0.3 is 6.18 Å². The molecule has 0 bridgehead atoms.